The SMILES string of the molecule is CC(=C1C(=O)Nc2ccc(S(N)(=O)=O)cc21)c1ccc[nH]1. The maximum Gasteiger partial charge on any atom is 0.256 e. The molecule has 1 aromatic carbocycles. The van der Waals surface area contributed by atoms with E-state index in [9.17, 15) is 13.2 Å². The number of rotatable bonds is 2. The van der Waals surface area contributed by atoms with Crippen molar-refractivity contribution in [3.05, 3.63) is 47.8 Å². The van der Waals surface area contributed by atoms with Crippen LogP contribution in [0.3, 0.4) is 0 Å². The van der Waals surface area contributed by atoms with Crippen LogP contribution in [0.15, 0.2) is 41.4 Å². The van der Waals surface area contributed by atoms with Gasteiger partial charge in [0, 0.05) is 23.1 Å². The van der Waals surface area contributed by atoms with Crippen LogP contribution in [-0.4, -0.2) is 19.3 Å². The second-order valence-corrected chi connectivity index (χ2v) is 6.35. The Morgan fingerprint density at radius 3 is 2.62 bits per heavy atom. The molecule has 1 aromatic heterocycles. The standard InChI is InChI=1S/C14H13N3O3S/c1-8(11-3-2-6-16-11)13-10-7-9(21(15,19)20)4-5-12(10)17-14(13)18/h2-7,16H,1H3,(H,17,18)(H2,15,19,20). The van der Waals surface area contributed by atoms with Crippen LogP contribution in [0.2, 0.25) is 0 Å². The summed E-state index contributed by atoms with van der Waals surface area (Å²) >= 11 is 0. The van der Waals surface area contributed by atoms with Crippen molar-refractivity contribution >= 4 is 32.8 Å². The fourth-order valence-corrected chi connectivity index (χ4v) is 2.93. The average Bonchev–Trinajstić information content (AvgIpc) is 3.02. The first kappa shape index (κ1) is 13.6. The first-order chi connectivity index (χ1) is 9.88. The van der Waals surface area contributed by atoms with Gasteiger partial charge in [0.05, 0.1) is 10.5 Å². The number of nitrogens with one attached hydrogen (secondary N) is 2. The lowest BCUT2D eigenvalue weighted by Gasteiger charge is -2.05. The van der Waals surface area contributed by atoms with Crippen molar-refractivity contribution in [2.45, 2.75) is 11.8 Å². The number of carbonyl (C=O) groups is 1. The van der Waals surface area contributed by atoms with Gasteiger partial charge in [-0.15, -0.1) is 0 Å². The van der Waals surface area contributed by atoms with Gasteiger partial charge in [-0.1, -0.05) is 0 Å². The molecule has 1 aliphatic rings. The molecule has 0 spiro atoms. The maximum absolute atomic E-state index is 12.2. The lowest BCUT2D eigenvalue weighted by Crippen LogP contribution is -2.12. The summed E-state index contributed by atoms with van der Waals surface area (Å²) in [6.07, 6.45) is 1.76. The van der Waals surface area contributed by atoms with Crippen molar-refractivity contribution in [1.29, 1.82) is 0 Å². The molecule has 1 amide bonds. The Hall–Kier alpha value is -2.38. The van der Waals surface area contributed by atoms with E-state index in [0.717, 1.165) is 11.3 Å². The number of amides is 1. The Morgan fingerprint density at radius 2 is 2.00 bits per heavy atom. The molecule has 4 N–H and O–H groups in total. The molecule has 6 nitrogen and oxygen atoms in total. The molecular weight excluding hydrogens is 290 g/mol. The minimum Gasteiger partial charge on any atom is -0.361 e. The molecule has 0 unspecified atom stereocenters. The van der Waals surface area contributed by atoms with Crippen LogP contribution in [0.5, 0.6) is 0 Å². The third-order valence-corrected chi connectivity index (χ3v) is 4.35. The van der Waals surface area contributed by atoms with E-state index < -0.39 is 10.0 Å². The Bertz CT molecular complexity index is 865. The molecule has 21 heavy (non-hydrogen) atoms. The highest BCUT2D eigenvalue weighted by atomic mass is 32.2. The Kier molecular flexibility index (Phi) is 2.96. The molecule has 2 heterocycles. The van der Waals surface area contributed by atoms with Crippen molar-refractivity contribution in [2.75, 3.05) is 5.32 Å². The fourth-order valence-electron chi connectivity index (χ4n) is 2.39. The van der Waals surface area contributed by atoms with E-state index in [1.165, 1.54) is 12.1 Å². The summed E-state index contributed by atoms with van der Waals surface area (Å²) in [5.74, 6) is -0.260. The Morgan fingerprint density at radius 1 is 1.24 bits per heavy atom. The highest BCUT2D eigenvalue weighted by Crippen LogP contribution is 2.37. The van der Waals surface area contributed by atoms with Crippen LogP contribution in [0.4, 0.5) is 5.69 Å². The van der Waals surface area contributed by atoms with Crippen LogP contribution >= 0.6 is 0 Å². The van der Waals surface area contributed by atoms with Crippen molar-refractivity contribution in [3.8, 4) is 0 Å². The molecule has 7 heteroatoms. The number of fused-ring (bicyclic) bond motifs is 1. The van der Waals surface area contributed by atoms with Gasteiger partial charge in [-0.25, -0.2) is 13.6 Å². The molecule has 108 valence electrons. The molecule has 0 fully saturated rings. The van der Waals surface area contributed by atoms with Crippen LogP contribution in [0, 0.1) is 0 Å². The maximum atomic E-state index is 12.2. The van der Waals surface area contributed by atoms with Gasteiger partial charge in [0.1, 0.15) is 0 Å². The first-order valence-corrected chi connectivity index (χ1v) is 7.76. The normalized spacial score (nSPS) is 16.6. The lowest BCUT2D eigenvalue weighted by atomic mass is 10.0. The van der Waals surface area contributed by atoms with E-state index in [1.54, 1.807) is 19.2 Å². The average molecular weight is 303 g/mol. The molecule has 2 aromatic rings. The summed E-state index contributed by atoms with van der Waals surface area (Å²) in [5, 5.41) is 7.87. The zero-order valence-corrected chi connectivity index (χ0v) is 12.0. The van der Waals surface area contributed by atoms with Gasteiger partial charge in [0.25, 0.3) is 5.91 Å². The largest absolute Gasteiger partial charge is 0.361 e. The predicted molar refractivity (Wildman–Crippen MR) is 79.7 cm³/mol. The number of hydrogen-bond donors (Lipinski definition) is 3. The summed E-state index contributed by atoms with van der Waals surface area (Å²) in [5.41, 5.74) is 3.10. The van der Waals surface area contributed by atoms with Crippen molar-refractivity contribution in [3.63, 3.8) is 0 Å². The minimum atomic E-state index is -3.81. The summed E-state index contributed by atoms with van der Waals surface area (Å²) in [4.78, 5) is 15.2. The van der Waals surface area contributed by atoms with E-state index in [0.29, 0.717) is 16.8 Å². The number of benzene rings is 1. The number of aromatic nitrogens is 1. The van der Waals surface area contributed by atoms with E-state index >= 15 is 0 Å². The van der Waals surface area contributed by atoms with Gasteiger partial charge < -0.3 is 10.3 Å². The van der Waals surface area contributed by atoms with Gasteiger partial charge >= 0.3 is 0 Å². The van der Waals surface area contributed by atoms with Crippen molar-refractivity contribution in [1.82, 2.24) is 4.98 Å². The zero-order valence-electron chi connectivity index (χ0n) is 11.2. The smallest absolute Gasteiger partial charge is 0.256 e. The molecule has 0 atom stereocenters. The van der Waals surface area contributed by atoms with E-state index in [-0.39, 0.29) is 10.8 Å². The summed E-state index contributed by atoms with van der Waals surface area (Å²) in [7, 11) is -3.81. The Labute approximate surface area is 121 Å². The van der Waals surface area contributed by atoms with Crippen molar-refractivity contribution in [2.24, 2.45) is 5.14 Å². The van der Waals surface area contributed by atoms with Gasteiger partial charge in [0.15, 0.2) is 0 Å². The second-order valence-electron chi connectivity index (χ2n) is 4.79. The predicted octanol–water partition coefficient (Wildman–Crippen LogP) is 1.54. The number of hydrogen-bond acceptors (Lipinski definition) is 3. The topological polar surface area (TPSA) is 105 Å². The molecule has 0 aliphatic carbocycles. The molecule has 0 radical (unpaired) electrons. The number of H-pyrrole nitrogens is 1. The van der Waals surface area contributed by atoms with Crippen LogP contribution in [0.1, 0.15) is 18.2 Å². The summed E-state index contributed by atoms with van der Waals surface area (Å²) in [6, 6.07) is 8.01. The fraction of sp³-hybridized carbons (Fsp3) is 0.0714. The number of anilines is 1. The molecule has 0 bridgehead atoms. The quantitative estimate of drug-likeness (QED) is 0.733. The monoisotopic (exact) mass is 303 g/mol. The minimum absolute atomic E-state index is 0.0189. The van der Waals surface area contributed by atoms with E-state index in [1.807, 2.05) is 12.1 Å². The third-order valence-electron chi connectivity index (χ3n) is 3.44. The molecule has 3 rings (SSSR count). The number of aromatic amines is 1. The van der Waals surface area contributed by atoms with Crippen LogP contribution in [-0.2, 0) is 14.8 Å². The summed E-state index contributed by atoms with van der Waals surface area (Å²) in [6.45, 7) is 1.81. The van der Waals surface area contributed by atoms with Gasteiger partial charge in [-0.2, -0.15) is 0 Å². The van der Waals surface area contributed by atoms with Crippen LogP contribution in [0.25, 0.3) is 11.1 Å². The Balaban J connectivity index is 2.24. The molecule has 1 aliphatic heterocycles. The number of carbonyl (C=O) groups excluding carboxylic acids is 1. The van der Waals surface area contributed by atoms with E-state index in [4.69, 9.17) is 5.14 Å². The molecular formula is C14H13N3O3S. The van der Waals surface area contributed by atoms with Crippen molar-refractivity contribution < 1.29 is 13.2 Å². The second kappa shape index (κ2) is 4.57. The number of allylic oxidation sites excluding steroid dienone is 1. The lowest BCUT2D eigenvalue weighted by molar-refractivity contribution is -0.110. The third kappa shape index (κ3) is 2.26. The van der Waals surface area contributed by atoms with E-state index in [2.05, 4.69) is 10.3 Å². The number of primary sulfonamides is 1. The van der Waals surface area contributed by atoms with Crippen LogP contribution < -0.4 is 10.5 Å². The highest BCUT2D eigenvalue weighted by molar-refractivity contribution is 7.89. The number of nitrogens with two attached hydrogens (primary N) is 1. The van der Waals surface area contributed by atoms with Gasteiger partial charge in [-0.05, 0) is 42.8 Å². The van der Waals surface area contributed by atoms with Gasteiger partial charge in [-0.3, -0.25) is 4.79 Å². The highest BCUT2D eigenvalue weighted by Gasteiger charge is 2.28. The molecule has 0 saturated carbocycles. The van der Waals surface area contributed by atoms with Gasteiger partial charge in [0.2, 0.25) is 10.0 Å². The zero-order chi connectivity index (χ0) is 15.2. The number of sulfonamides is 1. The first-order valence-electron chi connectivity index (χ1n) is 6.21. The summed E-state index contributed by atoms with van der Waals surface area (Å²) < 4.78 is 22.9. The molecule has 0 saturated heterocycles.